The minimum Gasteiger partial charge on any atom is -0.489 e. The quantitative estimate of drug-likeness (QED) is 0.910. The van der Waals surface area contributed by atoms with Crippen LogP contribution in [0.4, 0.5) is 0 Å². The summed E-state index contributed by atoms with van der Waals surface area (Å²) in [7, 11) is 0. The van der Waals surface area contributed by atoms with Crippen molar-refractivity contribution in [1.82, 2.24) is 0 Å². The molecule has 1 aromatic carbocycles. The lowest BCUT2D eigenvalue weighted by atomic mass is 9.89. The highest BCUT2D eigenvalue weighted by Crippen LogP contribution is 2.44. The highest BCUT2D eigenvalue weighted by molar-refractivity contribution is 9.10. The molecular weight excluding hydrogens is 294 g/mol. The maximum atomic E-state index is 6.26. The Morgan fingerprint density at radius 1 is 1.28 bits per heavy atom. The summed E-state index contributed by atoms with van der Waals surface area (Å²) < 4.78 is 12.6. The molecule has 0 saturated heterocycles. The van der Waals surface area contributed by atoms with Crippen LogP contribution < -0.4 is 15.2 Å². The van der Waals surface area contributed by atoms with Crippen molar-refractivity contribution >= 4 is 15.9 Å². The van der Waals surface area contributed by atoms with Crippen LogP contribution >= 0.6 is 15.9 Å². The Kier molecular flexibility index (Phi) is 3.87. The first-order chi connectivity index (χ1) is 8.45. The van der Waals surface area contributed by atoms with E-state index in [1.807, 2.05) is 13.8 Å². The van der Waals surface area contributed by atoms with E-state index in [1.165, 1.54) is 0 Å². The lowest BCUT2D eigenvalue weighted by Gasteiger charge is -2.26. The molecule has 18 heavy (non-hydrogen) atoms. The van der Waals surface area contributed by atoms with E-state index in [1.54, 1.807) is 0 Å². The van der Waals surface area contributed by atoms with Gasteiger partial charge in [0.05, 0.1) is 17.7 Å². The smallest absolute Gasteiger partial charge is 0.175 e. The van der Waals surface area contributed by atoms with Crippen LogP contribution in [-0.2, 0) is 12.0 Å². The van der Waals surface area contributed by atoms with Gasteiger partial charge in [-0.25, -0.2) is 0 Å². The monoisotopic (exact) mass is 313 g/mol. The van der Waals surface area contributed by atoms with Gasteiger partial charge in [-0.15, -0.1) is 0 Å². The zero-order valence-electron chi connectivity index (χ0n) is 11.2. The van der Waals surface area contributed by atoms with Gasteiger partial charge in [0.15, 0.2) is 11.5 Å². The molecule has 0 spiro atoms. The molecule has 0 atom stereocenters. The Morgan fingerprint density at radius 2 is 1.89 bits per heavy atom. The van der Waals surface area contributed by atoms with E-state index in [0.29, 0.717) is 13.2 Å². The summed E-state index contributed by atoms with van der Waals surface area (Å²) in [5.41, 5.74) is 8.13. The van der Waals surface area contributed by atoms with E-state index in [4.69, 9.17) is 15.2 Å². The molecule has 0 fully saturated rings. The van der Waals surface area contributed by atoms with Crippen molar-refractivity contribution in [3.05, 3.63) is 21.7 Å². The average Bonchev–Trinajstić information content (AvgIpc) is 2.53. The van der Waals surface area contributed by atoms with Gasteiger partial charge in [0.25, 0.3) is 0 Å². The fourth-order valence-electron chi connectivity index (χ4n) is 2.27. The van der Waals surface area contributed by atoms with E-state index in [2.05, 4.69) is 28.9 Å². The molecule has 0 aromatic heterocycles. The number of nitrogens with two attached hydrogens (primary N) is 1. The maximum Gasteiger partial charge on any atom is 0.175 e. The molecule has 0 amide bonds. The van der Waals surface area contributed by atoms with Crippen LogP contribution in [-0.4, -0.2) is 13.2 Å². The summed E-state index contributed by atoms with van der Waals surface area (Å²) >= 11 is 3.56. The summed E-state index contributed by atoms with van der Waals surface area (Å²) in [6.07, 6.45) is 1.79. The van der Waals surface area contributed by atoms with Gasteiger partial charge < -0.3 is 15.2 Å². The van der Waals surface area contributed by atoms with Crippen LogP contribution in [0.25, 0.3) is 0 Å². The van der Waals surface area contributed by atoms with Crippen LogP contribution in [0.5, 0.6) is 11.5 Å². The van der Waals surface area contributed by atoms with Crippen molar-refractivity contribution in [3.8, 4) is 11.5 Å². The molecule has 0 aliphatic carbocycles. The van der Waals surface area contributed by atoms with E-state index in [0.717, 1.165) is 39.9 Å². The Bertz CT molecular complexity index is 452. The van der Waals surface area contributed by atoms with Gasteiger partial charge in [-0.1, -0.05) is 6.92 Å². The topological polar surface area (TPSA) is 44.5 Å². The SMILES string of the molecule is CCc1c(C(C)(C)N)cc(Br)c2c1OCCCO2. The van der Waals surface area contributed by atoms with Crippen molar-refractivity contribution in [2.45, 2.75) is 39.2 Å². The molecule has 2 rings (SSSR count). The van der Waals surface area contributed by atoms with Crippen LogP contribution in [0.2, 0.25) is 0 Å². The van der Waals surface area contributed by atoms with Gasteiger partial charge in [0, 0.05) is 17.5 Å². The Labute approximate surface area is 117 Å². The Morgan fingerprint density at radius 3 is 2.44 bits per heavy atom. The van der Waals surface area contributed by atoms with Gasteiger partial charge in [-0.05, 0) is 47.8 Å². The third kappa shape index (κ3) is 2.50. The van der Waals surface area contributed by atoms with Gasteiger partial charge >= 0.3 is 0 Å². The predicted octanol–water partition coefficient (Wildman–Crippen LogP) is 3.37. The second kappa shape index (κ2) is 5.10. The molecule has 1 aliphatic rings. The predicted molar refractivity (Wildman–Crippen MR) is 76.3 cm³/mol. The first-order valence-corrected chi connectivity index (χ1v) is 7.14. The Hall–Kier alpha value is -0.740. The molecular formula is C14H20BrNO2. The first-order valence-electron chi connectivity index (χ1n) is 6.35. The van der Waals surface area contributed by atoms with Gasteiger partial charge in [-0.2, -0.15) is 0 Å². The molecule has 2 N–H and O–H groups in total. The maximum absolute atomic E-state index is 6.26. The summed E-state index contributed by atoms with van der Waals surface area (Å²) in [5, 5.41) is 0. The largest absolute Gasteiger partial charge is 0.489 e. The second-order valence-corrected chi connectivity index (χ2v) is 6.02. The number of halogens is 1. The van der Waals surface area contributed by atoms with Crippen LogP contribution in [0.3, 0.4) is 0 Å². The van der Waals surface area contributed by atoms with E-state index in [9.17, 15) is 0 Å². The number of benzene rings is 1. The summed E-state index contributed by atoms with van der Waals surface area (Å²) in [6.45, 7) is 7.53. The lowest BCUT2D eigenvalue weighted by molar-refractivity contribution is 0.295. The molecule has 1 aliphatic heterocycles. The molecule has 3 nitrogen and oxygen atoms in total. The van der Waals surface area contributed by atoms with E-state index >= 15 is 0 Å². The molecule has 1 aromatic rings. The minimum atomic E-state index is -0.390. The van der Waals surface area contributed by atoms with Crippen molar-refractivity contribution in [3.63, 3.8) is 0 Å². The number of ether oxygens (including phenoxy) is 2. The normalized spacial score (nSPS) is 15.4. The molecule has 100 valence electrons. The molecule has 1 heterocycles. The highest BCUT2D eigenvalue weighted by atomic mass is 79.9. The second-order valence-electron chi connectivity index (χ2n) is 5.17. The van der Waals surface area contributed by atoms with Crippen molar-refractivity contribution in [1.29, 1.82) is 0 Å². The first kappa shape index (κ1) is 13.7. The Balaban J connectivity index is 2.65. The van der Waals surface area contributed by atoms with Crippen molar-refractivity contribution < 1.29 is 9.47 Å². The third-order valence-electron chi connectivity index (χ3n) is 3.12. The number of hydrogen-bond donors (Lipinski definition) is 1. The zero-order valence-corrected chi connectivity index (χ0v) is 12.8. The average molecular weight is 314 g/mol. The van der Waals surface area contributed by atoms with Crippen LogP contribution in [0, 0.1) is 0 Å². The third-order valence-corrected chi connectivity index (χ3v) is 3.71. The molecule has 0 saturated carbocycles. The van der Waals surface area contributed by atoms with Gasteiger partial charge in [0.1, 0.15) is 0 Å². The number of fused-ring (bicyclic) bond motifs is 1. The molecule has 0 radical (unpaired) electrons. The fraction of sp³-hybridized carbons (Fsp3) is 0.571. The van der Waals surface area contributed by atoms with E-state index < -0.39 is 5.54 Å². The number of hydrogen-bond acceptors (Lipinski definition) is 3. The summed E-state index contributed by atoms with van der Waals surface area (Å²) in [6, 6.07) is 2.06. The van der Waals surface area contributed by atoms with Crippen LogP contribution in [0.1, 0.15) is 38.3 Å². The van der Waals surface area contributed by atoms with Gasteiger partial charge in [-0.3, -0.25) is 0 Å². The number of rotatable bonds is 2. The molecule has 0 bridgehead atoms. The zero-order chi connectivity index (χ0) is 13.3. The highest BCUT2D eigenvalue weighted by Gasteiger charge is 2.26. The van der Waals surface area contributed by atoms with Crippen molar-refractivity contribution in [2.75, 3.05) is 13.2 Å². The fourth-order valence-corrected chi connectivity index (χ4v) is 2.79. The molecule has 0 unspecified atom stereocenters. The standard InChI is InChI=1S/C14H20BrNO2/c1-4-9-10(14(2,3)16)8-11(15)13-12(9)17-6-5-7-18-13/h8H,4-7,16H2,1-3H3. The minimum absolute atomic E-state index is 0.390. The van der Waals surface area contributed by atoms with Crippen LogP contribution in [0.15, 0.2) is 10.5 Å². The lowest BCUT2D eigenvalue weighted by Crippen LogP contribution is -2.30. The van der Waals surface area contributed by atoms with E-state index in [-0.39, 0.29) is 0 Å². The van der Waals surface area contributed by atoms with Crippen molar-refractivity contribution in [2.24, 2.45) is 5.73 Å². The summed E-state index contributed by atoms with van der Waals surface area (Å²) in [5.74, 6) is 1.68. The van der Waals surface area contributed by atoms with Gasteiger partial charge in [0.2, 0.25) is 0 Å². The summed E-state index contributed by atoms with van der Waals surface area (Å²) in [4.78, 5) is 0. The molecule has 4 heteroatoms.